The Kier molecular flexibility index (Phi) is 67.2. The number of carbonyl (C=O) groups is 3. The SMILES string of the molecule is CC/C=C\C/C=C\C/C=C\C/C=C\C/C=C\C/C=C\C/C=C\C/C=C\C/C=C\C/C=C\CCCCCCCCC(=O)OC(COC(=O)CCCCCCCCCCCCCCCCCCCCCCCCCCCCCC)COC(OCC[N+](C)(C)C)C(=O)O. The molecule has 9 nitrogen and oxygen atoms in total. The van der Waals surface area contributed by atoms with Crippen LogP contribution in [0.5, 0.6) is 0 Å². The standard InChI is InChI=1S/C81H139NO8/c1-6-8-10-12-14-16-18-20-22-24-26-28-30-32-34-36-37-38-39-40-41-42-43-44-46-48-50-52-54-56-58-60-62-64-66-68-70-72-79(84)90-77(76-89-81(80(85)86)87-74-73-82(3,4)5)75-88-78(83)71-69-67-65-63-61-59-57-55-53-51-49-47-45-35-33-31-29-27-25-23-21-19-17-15-13-11-9-7-2/h8,10,14,16,20,22,26,28,32,34,37-38,40-41,43-44,48,50,54,56,77,81H,6-7,9,11-13,15,17-19,21,23-25,27,29-31,33,35-36,39,42,45-47,49,51-53,55,57-76H2,1-5H3/p+1/b10-8-,16-14-,22-20-,28-26-,34-32-,38-37-,41-40-,44-43-,50-48-,56-54-. The molecule has 0 heterocycles. The quantitative estimate of drug-likeness (QED) is 0.0211. The molecular formula is C81H140NO8+. The molecule has 0 aromatic rings. The highest BCUT2D eigenvalue weighted by atomic mass is 16.7. The molecule has 0 fully saturated rings. The van der Waals surface area contributed by atoms with Crippen molar-refractivity contribution in [1.29, 1.82) is 0 Å². The molecule has 0 radical (unpaired) electrons. The van der Waals surface area contributed by atoms with E-state index < -0.39 is 24.3 Å². The van der Waals surface area contributed by atoms with Crippen molar-refractivity contribution in [3.8, 4) is 0 Å². The third-order valence-corrected chi connectivity index (χ3v) is 16.0. The minimum Gasteiger partial charge on any atom is -0.477 e. The van der Waals surface area contributed by atoms with Crippen LogP contribution in [0, 0.1) is 0 Å². The van der Waals surface area contributed by atoms with E-state index in [0.717, 1.165) is 122 Å². The Morgan fingerprint density at radius 3 is 0.944 bits per heavy atom. The Bertz CT molecular complexity index is 1900. The van der Waals surface area contributed by atoms with Crippen LogP contribution >= 0.6 is 0 Å². The van der Waals surface area contributed by atoms with Gasteiger partial charge in [0.25, 0.3) is 6.29 Å². The largest absolute Gasteiger partial charge is 0.477 e. The van der Waals surface area contributed by atoms with Gasteiger partial charge in [-0.25, -0.2) is 4.79 Å². The Morgan fingerprint density at radius 1 is 0.344 bits per heavy atom. The van der Waals surface area contributed by atoms with Crippen LogP contribution in [0.4, 0.5) is 0 Å². The Balaban J connectivity index is 4.16. The number of carboxylic acid groups (broad SMARTS) is 1. The normalized spacial score (nSPS) is 13.4. The van der Waals surface area contributed by atoms with Gasteiger partial charge in [0, 0.05) is 12.8 Å². The first-order chi connectivity index (χ1) is 44.1. The molecule has 516 valence electrons. The van der Waals surface area contributed by atoms with Crippen LogP contribution in [0.3, 0.4) is 0 Å². The number of hydrogen-bond acceptors (Lipinski definition) is 7. The van der Waals surface area contributed by atoms with Crippen LogP contribution in [-0.2, 0) is 33.3 Å². The molecule has 0 aromatic heterocycles. The van der Waals surface area contributed by atoms with Gasteiger partial charge in [0.05, 0.1) is 34.4 Å². The zero-order valence-electron chi connectivity index (χ0n) is 59.0. The average Bonchev–Trinajstić information content (AvgIpc) is 3.74. The highest BCUT2D eigenvalue weighted by Gasteiger charge is 2.25. The molecule has 0 aliphatic heterocycles. The molecule has 0 aliphatic carbocycles. The lowest BCUT2D eigenvalue weighted by Crippen LogP contribution is -2.40. The number of unbranched alkanes of at least 4 members (excludes halogenated alkanes) is 33. The third-order valence-electron chi connectivity index (χ3n) is 16.0. The van der Waals surface area contributed by atoms with E-state index in [0.29, 0.717) is 23.9 Å². The summed E-state index contributed by atoms with van der Waals surface area (Å²) in [7, 11) is 5.97. The molecule has 0 spiro atoms. The van der Waals surface area contributed by atoms with E-state index in [1.54, 1.807) is 0 Å². The fraction of sp³-hybridized carbons (Fsp3) is 0.716. The van der Waals surface area contributed by atoms with Gasteiger partial charge in [-0.2, -0.15) is 0 Å². The summed E-state index contributed by atoms with van der Waals surface area (Å²) in [5, 5.41) is 9.76. The Morgan fingerprint density at radius 2 is 0.633 bits per heavy atom. The van der Waals surface area contributed by atoms with Crippen molar-refractivity contribution in [1.82, 2.24) is 0 Å². The molecule has 0 saturated heterocycles. The van der Waals surface area contributed by atoms with Gasteiger partial charge in [-0.1, -0.05) is 334 Å². The molecule has 9 heteroatoms. The van der Waals surface area contributed by atoms with Gasteiger partial charge >= 0.3 is 17.9 Å². The number of quaternary nitrogens is 1. The number of esters is 2. The molecule has 2 atom stereocenters. The van der Waals surface area contributed by atoms with Crippen molar-refractivity contribution in [3.63, 3.8) is 0 Å². The van der Waals surface area contributed by atoms with Crippen LogP contribution in [0.1, 0.15) is 316 Å². The maximum Gasteiger partial charge on any atom is 0.361 e. The highest BCUT2D eigenvalue weighted by Crippen LogP contribution is 2.18. The maximum absolute atomic E-state index is 13.0. The summed E-state index contributed by atoms with van der Waals surface area (Å²) in [4.78, 5) is 37.7. The van der Waals surface area contributed by atoms with E-state index >= 15 is 0 Å². The molecule has 90 heavy (non-hydrogen) atoms. The van der Waals surface area contributed by atoms with Crippen LogP contribution in [0.15, 0.2) is 122 Å². The van der Waals surface area contributed by atoms with Crippen molar-refractivity contribution in [2.75, 3.05) is 47.5 Å². The van der Waals surface area contributed by atoms with E-state index in [-0.39, 0.29) is 32.2 Å². The molecule has 0 saturated carbocycles. The van der Waals surface area contributed by atoms with Crippen molar-refractivity contribution >= 4 is 17.9 Å². The van der Waals surface area contributed by atoms with E-state index in [4.69, 9.17) is 18.9 Å². The lowest BCUT2D eigenvalue weighted by Gasteiger charge is -2.25. The minimum atomic E-state index is -1.52. The predicted molar refractivity (Wildman–Crippen MR) is 387 cm³/mol. The second-order valence-electron chi connectivity index (χ2n) is 25.9. The Hall–Kier alpha value is -4.31. The van der Waals surface area contributed by atoms with Crippen molar-refractivity contribution in [3.05, 3.63) is 122 Å². The summed E-state index contributed by atoms with van der Waals surface area (Å²) in [6.07, 6.45) is 97.5. The first-order valence-electron chi connectivity index (χ1n) is 37.2. The summed E-state index contributed by atoms with van der Waals surface area (Å²) in [5.41, 5.74) is 0. The monoisotopic (exact) mass is 1260 g/mol. The molecular weight excluding hydrogens is 1110 g/mol. The van der Waals surface area contributed by atoms with Crippen LogP contribution < -0.4 is 0 Å². The number of nitrogens with zero attached hydrogens (tertiary/aromatic N) is 1. The number of hydrogen-bond donors (Lipinski definition) is 1. The lowest BCUT2D eigenvalue weighted by atomic mass is 10.0. The van der Waals surface area contributed by atoms with E-state index in [1.807, 2.05) is 21.1 Å². The topological polar surface area (TPSA) is 108 Å². The summed E-state index contributed by atoms with van der Waals surface area (Å²) in [5.74, 6) is -2.02. The molecule has 0 aliphatic rings. The molecule has 0 amide bonds. The third kappa shape index (κ3) is 71.1. The zero-order chi connectivity index (χ0) is 65.4. The number of likely N-dealkylation sites (N-methyl/N-ethyl adjacent to an activating group) is 1. The van der Waals surface area contributed by atoms with Crippen molar-refractivity contribution in [2.45, 2.75) is 328 Å². The van der Waals surface area contributed by atoms with Gasteiger partial charge in [-0.15, -0.1) is 0 Å². The highest BCUT2D eigenvalue weighted by molar-refractivity contribution is 5.71. The van der Waals surface area contributed by atoms with E-state index in [9.17, 15) is 19.5 Å². The van der Waals surface area contributed by atoms with Crippen molar-refractivity contribution < 1.29 is 42.9 Å². The first-order valence-corrected chi connectivity index (χ1v) is 37.2. The summed E-state index contributed by atoms with van der Waals surface area (Å²) < 4.78 is 23.0. The first kappa shape index (κ1) is 85.7. The summed E-state index contributed by atoms with van der Waals surface area (Å²) in [6.45, 7) is 4.78. The van der Waals surface area contributed by atoms with Crippen LogP contribution in [0.25, 0.3) is 0 Å². The van der Waals surface area contributed by atoms with Crippen LogP contribution in [0.2, 0.25) is 0 Å². The number of carboxylic acids is 1. The molecule has 2 unspecified atom stereocenters. The molecule has 0 aromatic carbocycles. The fourth-order valence-corrected chi connectivity index (χ4v) is 10.3. The van der Waals surface area contributed by atoms with E-state index in [2.05, 4.69) is 135 Å². The predicted octanol–water partition coefficient (Wildman–Crippen LogP) is 23.5. The summed E-state index contributed by atoms with van der Waals surface area (Å²) in [6, 6.07) is 0. The van der Waals surface area contributed by atoms with Gasteiger partial charge in [-0.3, -0.25) is 9.59 Å². The Labute approximate surface area is 555 Å². The van der Waals surface area contributed by atoms with Gasteiger partial charge in [0.15, 0.2) is 6.10 Å². The zero-order valence-corrected chi connectivity index (χ0v) is 59.0. The average molecular weight is 1260 g/mol. The van der Waals surface area contributed by atoms with Gasteiger partial charge < -0.3 is 28.5 Å². The van der Waals surface area contributed by atoms with Gasteiger partial charge in [0.1, 0.15) is 13.2 Å². The van der Waals surface area contributed by atoms with E-state index in [1.165, 1.54) is 161 Å². The molecule has 0 bridgehead atoms. The summed E-state index contributed by atoms with van der Waals surface area (Å²) >= 11 is 0. The van der Waals surface area contributed by atoms with Crippen LogP contribution in [-0.4, -0.2) is 87.4 Å². The maximum atomic E-state index is 13.0. The molecule has 0 rings (SSSR count). The second kappa shape index (κ2) is 70.6. The minimum absolute atomic E-state index is 0.180. The van der Waals surface area contributed by atoms with Gasteiger partial charge in [-0.05, 0) is 89.9 Å². The number of carbonyl (C=O) groups excluding carboxylic acids is 2. The smallest absolute Gasteiger partial charge is 0.361 e. The number of ether oxygens (including phenoxy) is 4. The number of rotatable bonds is 68. The lowest BCUT2D eigenvalue weighted by molar-refractivity contribution is -0.870. The second-order valence-corrected chi connectivity index (χ2v) is 25.9. The van der Waals surface area contributed by atoms with Gasteiger partial charge in [0.2, 0.25) is 0 Å². The number of allylic oxidation sites excluding steroid dienone is 20. The van der Waals surface area contributed by atoms with Crippen molar-refractivity contribution in [2.24, 2.45) is 0 Å². The fourth-order valence-electron chi connectivity index (χ4n) is 10.3. The molecule has 1 N–H and O–H groups in total. The number of aliphatic carboxylic acids is 1.